The molecule has 0 saturated carbocycles. The highest BCUT2D eigenvalue weighted by Crippen LogP contribution is 2.13. The van der Waals surface area contributed by atoms with Crippen LogP contribution >= 0.6 is 11.8 Å². The van der Waals surface area contributed by atoms with Crippen LogP contribution in [0.4, 0.5) is 5.82 Å². The molecule has 0 aliphatic rings. The van der Waals surface area contributed by atoms with Crippen molar-refractivity contribution in [2.24, 2.45) is 0 Å². The van der Waals surface area contributed by atoms with Gasteiger partial charge in [-0.05, 0) is 6.26 Å². The second-order valence-corrected chi connectivity index (χ2v) is 2.81. The monoisotopic (exact) mass is 201 g/mol. The molecule has 70 valence electrons. The van der Waals surface area contributed by atoms with Crippen molar-refractivity contribution >= 4 is 23.5 Å². The lowest BCUT2D eigenvalue weighted by molar-refractivity contribution is -0.182. The summed E-state index contributed by atoms with van der Waals surface area (Å²) in [6.45, 7) is 0. The highest BCUT2D eigenvalue weighted by molar-refractivity contribution is 7.98. The summed E-state index contributed by atoms with van der Waals surface area (Å²) in [6, 6.07) is 0. The van der Waals surface area contributed by atoms with E-state index in [-0.39, 0.29) is 11.4 Å². The third-order valence-corrected chi connectivity index (χ3v) is 1.84. The smallest absolute Gasteiger partial charge is 0.378 e. The van der Waals surface area contributed by atoms with Crippen molar-refractivity contribution in [1.82, 2.24) is 9.97 Å². The lowest BCUT2D eigenvalue weighted by Crippen LogP contribution is -2.08. The van der Waals surface area contributed by atoms with Gasteiger partial charge in [0.1, 0.15) is 11.4 Å². The van der Waals surface area contributed by atoms with E-state index >= 15 is 0 Å². The fourth-order valence-corrected chi connectivity index (χ4v) is 1.03. The van der Waals surface area contributed by atoms with Gasteiger partial charge in [-0.3, -0.25) is 4.89 Å². The molecule has 6 nitrogen and oxygen atoms in total. The Balaban J connectivity index is 3.05. The minimum Gasteiger partial charge on any atom is -0.383 e. The van der Waals surface area contributed by atoms with E-state index in [1.807, 2.05) is 0 Å². The van der Waals surface area contributed by atoms with Gasteiger partial charge in [0.15, 0.2) is 5.16 Å². The zero-order valence-corrected chi connectivity index (χ0v) is 7.54. The molecule has 0 aromatic carbocycles. The number of carbonyl (C=O) groups excluding carboxylic acids is 1. The van der Waals surface area contributed by atoms with Crippen LogP contribution in [-0.2, 0) is 4.89 Å². The quantitative estimate of drug-likeness (QED) is 0.309. The normalized spacial score (nSPS) is 9.69. The molecule has 0 saturated heterocycles. The van der Waals surface area contributed by atoms with Crippen molar-refractivity contribution < 1.29 is 14.9 Å². The molecule has 1 heterocycles. The van der Waals surface area contributed by atoms with E-state index in [9.17, 15) is 4.79 Å². The molecule has 0 fully saturated rings. The lowest BCUT2D eigenvalue weighted by Gasteiger charge is -2.01. The average molecular weight is 201 g/mol. The predicted octanol–water partition coefficient (Wildman–Crippen LogP) is 0.410. The van der Waals surface area contributed by atoms with Crippen molar-refractivity contribution in [3.8, 4) is 0 Å². The first-order valence-corrected chi connectivity index (χ1v) is 4.43. The van der Waals surface area contributed by atoms with Gasteiger partial charge < -0.3 is 5.73 Å². The number of nitrogen functional groups attached to an aromatic ring is 1. The average Bonchev–Trinajstić information content (AvgIpc) is 2.16. The maximum absolute atomic E-state index is 10.8. The molecular formula is C6H7N3O3S. The highest BCUT2D eigenvalue weighted by Gasteiger charge is 2.13. The van der Waals surface area contributed by atoms with Crippen molar-refractivity contribution in [2.45, 2.75) is 5.16 Å². The van der Waals surface area contributed by atoms with Gasteiger partial charge in [0.25, 0.3) is 0 Å². The van der Waals surface area contributed by atoms with E-state index in [1.165, 1.54) is 18.0 Å². The van der Waals surface area contributed by atoms with Crippen molar-refractivity contribution in [1.29, 1.82) is 0 Å². The lowest BCUT2D eigenvalue weighted by atomic mass is 10.3. The third-order valence-electron chi connectivity index (χ3n) is 1.28. The topological polar surface area (TPSA) is 98.3 Å². The number of carbonyl (C=O) groups is 1. The molecule has 0 amide bonds. The number of hydrogen-bond acceptors (Lipinski definition) is 7. The molecule has 0 spiro atoms. The minimum absolute atomic E-state index is 0.0154. The van der Waals surface area contributed by atoms with E-state index in [0.717, 1.165) is 0 Å². The van der Waals surface area contributed by atoms with Crippen LogP contribution in [0.5, 0.6) is 0 Å². The Morgan fingerprint density at radius 1 is 1.77 bits per heavy atom. The largest absolute Gasteiger partial charge is 0.383 e. The van der Waals surface area contributed by atoms with E-state index in [2.05, 4.69) is 14.9 Å². The summed E-state index contributed by atoms with van der Waals surface area (Å²) >= 11 is 1.29. The highest BCUT2D eigenvalue weighted by atomic mass is 32.2. The number of anilines is 1. The van der Waals surface area contributed by atoms with Crippen LogP contribution in [0.2, 0.25) is 0 Å². The maximum Gasteiger partial charge on any atom is 0.378 e. The molecule has 13 heavy (non-hydrogen) atoms. The molecule has 1 rings (SSSR count). The number of rotatable bonds is 2. The molecule has 3 N–H and O–H groups in total. The molecule has 0 aliphatic carbocycles. The second kappa shape index (κ2) is 4.06. The molecule has 0 radical (unpaired) electrons. The summed E-state index contributed by atoms with van der Waals surface area (Å²) in [7, 11) is 0. The van der Waals surface area contributed by atoms with Crippen molar-refractivity contribution in [3.63, 3.8) is 0 Å². The van der Waals surface area contributed by atoms with Crippen LogP contribution in [0, 0.1) is 0 Å². The standard InChI is InChI=1S/C6H7N3O3S/c1-13-6-8-2-3(4(7)9-6)5(10)12-11/h2,11H,1H3,(H2,7,8,9). The molecule has 1 aromatic rings. The number of thioether (sulfide) groups is 1. The zero-order chi connectivity index (χ0) is 9.84. The zero-order valence-electron chi connectivity index (χ0n) is 6.72. The Hall–Kier alpha value is -1.34. The summed E-state index contributed by atoms with van der Waals surface area (Å²) in [5.74, 6) is -0.983. The first-order valence-electron chi connectivity index (χ1n) is 3.21. The van der Waals surface area contributed by atoms with Crippen LogP contribution in [0.1, 0.15) is 10.4 Å². The van der Waals surface area contributed by atoms with Crippen LogP contribution in [0.3, 0.4) is 0 Å². The Labute approximate surface area is 78.1 Å². The molecule has 0 unspecified atom stereocenters. The van der Waals surface area contributed by atoms with E-state index in [0.29, 0.717) is 5.16 Å². The van der Waals surface area contributed by atoms with Gasteiger partial charge in [-0.25, -0.2) is 14.8 Å². The number of hydrogen-bond donors (Lipinski definition) is 2. The Bertz CT molecular complexity index is 331. The van der Waals surface area contributed by atoms with Crippen LogP contribution < -0.4 is 5.73 Å². The summed E-state index contributed by atoms with van der Waals surface area (Å²) in [5.41, 5.74) is 5.34. The van der Waals surface area contributed by atoms with Gasteiger partial charge >= 0.3 is 5.97 Å². The fraction of sp³-hybridized carbons (Fsp3) is 0.167. The molecule has 7 heteroatoms. The van der Waals surface area contributed by atoms with Crippen molar-refractivity contribution in [2.75, 3.05) is 12.0 Å². The first-order chi connectivity index (χ1) is 6.19. The maximum atomic E-state index is 10.8. The van der Waals surface area contributed by atoms with Crippen LogP contribution in [-0.4, -0.2) is 27.5 Å². The summed E-state index contributed by atoms with van der Waals surface area (Å²) in [4.78, 5) is 21.8. The van der Waals surface area contributed by atoms with Gasteiger partial charge in [0.05, 0.1) is 0 Å². The summed E-state index contributed by atoms with van der Waals surface area (Å²) in [5, 5.41) is 8.52. The van der Waals surface area contributed by atoms with E-state index in [4.69, 9.17) is 11.0 Å². The summed E-state index contributed by atoms with van der Waals surface area (Å²) < 4.78 is 0. The van der Waals surface area contributed by atoms with Crippen molar-refractivity contribution in [3.05, 3.63) is 11.8 Å². The molecule has 0 atom stereocenters. The van der Waals surface area contributed by atoms with Gasteiger partial charge in [0.2, 0.25) is 0 Å². The number of aromatic nitrogens is 2. The molecular weight excluding hydrogens is 194 g/mol. The van der Waals surface area contributed by atoms with Crippen LogP contribution in [0.15, 0.2) is 11.4 Å². The SMILES string of the molecule is CSc1ncc(C(=O)OO)c(N)n1. The molecule has 0 bridgehead atoms. The van der Waals surface area contributed by atoms with E-state index < -0.39 is 5.97 Å². The summed E-state index contributed by atoms with van der Waals surface area (Å²) in [6.07, 6.45) is 2.98. The molecule has 1 aromatic heterocycles. The van der Waals surface area contributed by atoms with Crippen LogP contribution in [0.25, 0.3) is 0 Å². The minimum atomic E-state index is -0.967. The third kappa shape index (κ3) is 2.07. The Morgan fingerprint density at radius 3 is 2.92 bits per heavy atom. The number of nitrogens with two attached hydrogens (primary N) is 1. The Morgan fingerprint density at radius 2 is 2.46 bits per heavy atom. The second-order valence-electron chi connectivity index (χ2n) is 2.03. The number of nitrogens with zero attached hydrogens (tertiary/aromatic N) is 2. The molecule has 0 aliphatic heterocycles. The Kier molecular flexibility index (Phi) is 3.04. The van der Waals surface area contributed by atoms with Gasteiger partial charge in [-0.15, -0.1) is 0 Å². The fourth-order valence-electron chi connectivity index (χ4n) is 0.683. The van der Waals surface area contributed by atoms with Gasteiger partial charge in [0, 0.05) is 6.20 Å². The first kappa shape index (κ1) is 9.75. The van der Waals surface area contributed by atoms with Gasteiger partial charge in [-0.1, -0.05) is 11.8 Å². The predicted molar refractivity (Wildman–Crippen MR) is 46.3 cm³/mol. The van der Waals surface area contributed by atoms with E-state index in [1.54, 1.807) is 6.26 Å². The van der Waals surface area contributed by atoms with Gasteiger partial charge in [-0.2, -0.15) is 5.26 Å².